The Labute approximate surface area is 300 Å². The second-order valence-electron chi connectivity index (χ2n) is 13.3. The predicted molar refractivity (Wildman–Crippen MR) is 218 cm³/mol. The average Bonchev–Trinajstić information content (AvgIpc) is 3.86. The van der Waals surface area contributed by atoms with Crippen LogP contribution < -0.4 is 0 Å². The zero-order valence-electron chi connectivity index (χ0n) is 27.6. The Hall–Kier alpha value is -6.12. The van der Waals surface area contributed by atoms with E-state index < -0.39 is 0 Å². The number of para-hydroxylation sites is 3. The number of hydrogen-bond donors (Lipinski definition) is 0. The van der Waals surface area contributed by atoms with E-state index in [1.54, 1.807) is 0 Å². The van der Waals surface area contributed by atoms with Gasteiger partial charge in [-0.1, -0.05) is 0 Å². The van der Waals surface area contributed by atoms with Gasteiger partial charge in [0.25, 0.3) is 0 Å². The molecule has 0 atom stereocenters. The molecule has 3 heterocycles. The molecule has 0 saturated heterocycles. The molecule has 0 aliphatic carbocycles. The van der Waals surface area contributed by atoms with Gasteiger partial charge in [0, 0.05) is 0 Å². The Morgan fingerprint density at radius 1 is 0.353 bits per heavy atom. The van der Waals surface area contributed by atoms with Crippen molar-refractivity contribution in [1.82, 2.24) is 9.13 Å². The van der Waals surface area contributed by atoms with E-state index in [1.165, 1.54) is 96.5 Å². The van der Waals surface area contributed by atoms with Gasteiger partial charge in [-0.2, -0.15) is 0 Å². The van der Waals surface area contributed by atoms with Crippen LogP contribution in [0.25, 0.3) is 96.5 Å². The molecule has 0 N–H and O–H groups in total. The Morgan fingerprint density at radius 2 is 0.922 bits per heavy atom. The molecular formula is C48H30N2Se. The van der Waals surface area contributed by atoms with Crippen LogP contribution in [-0.2, 0) is 0 Å². The molecule has 0 amide bonds. The van der Waals surface area contributed by atoms with Gasteiger partial charge in [0.15, 0.2) is 0 Å². The summed E-state index contributed by atoms with van der Waals surface area (Å²) in [6.07, 6.45) is 0. The Balaban J connectivity index is 1.21. The minimum atomic E-state index is 0.174. The Morgan fingerprint density at radius 3 is 1.65 bits per heavy atom. The zero-order chi connectivity index (χ0) is 33.5. The van der Waals surface area contributed by atoms with Crippen LogP contribution in [0.15, 0.2) is 182 Å². The maximum absolute atomic E-state index is 2.53. The van der Waals surface area contributed by atoms with E-state index in [0.717, 1.165) is 0 Å². The third kappa shape index (κ3) is 4.29. The number of fused-ring (bicyclic) bond motifs is 9. The van der Waals surface area contributed by atoms with E-state index in [9.17, 15) is 0 Å². The van der Waals surface area contributed by atoms with Gasteiger partial charge < -0.3 is 0 Å². The topological polar surface area (TPSA) is 9.86 Å². The third-order valence-corrected chi connectivity index (χ3v) is 13.0. The molecule has 238 valence electrons. The Bertz CT molecular complexity index is 3090. The van der Waals surface area contributed by atoms with Crippen LogP contribution in [0.1, 0.15) is 0 Å². The summed E-state index contributed by atoms with van der Waals surface area (Å²) in [5.74, 6) is 0. The molecule has 3 heteroatoms. The standard InChI is InChI=1S/C48H30N2Se/c1-2-13-31(14-3-1)32-15-12-16-33(29-32)35-27-28-44(47-40-20-7-11-24-46(40)51-48(35)47)50-43-23-10-6-19-38(43)39-26-25-34(30-45(39)50)49-41-21-8-4-17-36(41)37-18-5-9-22-42(37)49/h1-30H. The zero-order valence-corrected chi connectivity index (χ0v) is 29.3. The molecule has 0 spiro atoms. The van der Waals surface area contributed by atoms with Crippen LogP contribution in [0, 0.1) is 0 Å². The molecule has 8 aromatic carbocycles. The van der Waals surface area contributed by atoms with E-state index in [2.05, 4.69) is 191 Å². The van der Waals surface area contributed by atoms with Crippen molar-refractivity contribution in [1.29, 1.82) is 0 Å². The van der Waals surface area contributed by atoms with Crippen LogP contribution in [-0.4, -0.2) is 23.6 Å². The number of aromatic nitrogens is 2. The van der Waals surface area contributed by atoms with E-state index in [0.29, 0.717) is 0 Å². The molecule has 0 fully saturated rings. The SMILES string of the molecule is c1ccc(-c2cccc(-c3ccc(-n4c5ccccc5c5ccc(-n6c7ccccc7c7ccccc76)cc54)c4c3[se]c3ccccc34)c2)cc1. The quantitative estimate of drug-likeness (QED) is 0.161. The fraction of sp³-hybridized carbons (Fsp3) is 0. The summed E-state index contributed by atoms with van der Waals surface area (Å²) in [4.78, 5) is 0. The summed E-state index contributed by atoms with van der Waals surface area (Å²) in [5.41, 5.74) is 12.4. The van der Waals surface area contributed by atoms with Crippen molar-refractivity contribution in [2.24, 2.45) is 0 Å². The van der Waals surface area contributed by atoms with Gasteiger partial charge in [0.2, 0.25) is 0 Å². The summed E-state index contributed by atoms with van der Waals surface area (Å²) >= 11 is 0.174. The monoisotopic (exact) mass is 714 g/mol. The predicted octanol–water partition coefficient (Wildman–Crippen LogP) is 12.6. The average molecular weight is 714 g/mol. The molecule has 2 nitrogen and oxygen atoms in total. The van der Waals surface area contributed by atoms with Crippen LogP contribution in [0.4, 0.5) is 0 Å². The van der Waals surface area contributed by atoms with Crippen LogP contribution in [0.5, 0.6) is 0 Å². The molecule has 11 aromatic rings. The molecule has 51 heavy (non-hydrogen) atoms. The second-order valence-corrected chi connectivity index (χ2v) is 15.5. The summed E-state index contributed by atoms with van der Waals surface area (Å²) in [6.45, 7) is 0. The van der Waals surface area contributed by atoms with Crippen LogP contribution in [0.3, 0.4) is 0 Å². The molecule has 0 aliphatic rings. The van der Waals surface area contributed by atoms with E-state index in [4.69, 9.17) is 0 Å². The number of nitrogens with zero attached hydrogens (tertiary/aromatic N) is 2. The van der Waals surface area contributed by atoms with Crippen molar-refractivity contribution in [2.45, 2.75) is 0 Å². The van der Waals surface area contributed by atoms with Gasteiger partial charge >= 0.3 is 302 Å². The minimum absolute atomic E-state index is 0.174. The summed E-state index contributed by atoms with van der Waals surface area (Å²) in [5, 5.41) is 7.80. The molecule has 0 saturated carbocycles. The van der Waals surface area contributed by atoms with Crippen molar-refractivity contribution < 1.29 is 0 Å². The van der Waals surface area contributed by atoms with E-state index >= 15 is 0 Å². The fourth-order valence-corrected chi connectivity index (χ4v) is 10.9. The summed E-state index contributed by atoms with van der Waals surface area (Å²) in [7, 11) is 0. The van der Waals surface area contributed by atoms with E-state index in [1.807, 2.05) is 0 Å². The normalized spacial score (nSPS) is 11.9. The van der Waals surface area contributed by atoms with Gasteiger partial charge in [0.05, 0.1) is 0 Å². The molecular weight excluding hydrogens is 684 g/mol. The molecule has 11 rings (SSSR count). The van der Waals surface area contributed by atoms with Crippen molar-refractivity contribution in [3.63, 3.8) is 0 Å². The fourth-order valence-electron chi connectivity index (χ4n) is 8.28. The number of rotatable bonds is 4. The second kappa shape index (κ2) is 11.2. The molecule has 0 radical (unpaired) electrons. The molecule has 0 bridgehead atoms. The molecule has 3 aromatic heterocycles. The van der Waals surface area contributed by atoms with E-state index in [-0.39, 0.29) is 14.5 Å². The number of benzene rings is 8. The van der Waals surface area contributed by atoms with Crippen molar-refractivity contribution in [3.05, 3.63) is 182 Å². The molecule has 0 unspecified atom stereocenters. The third-order valence-electron chi connectivity index (χ3n) is 10.5. The van der Waals surface area contributed by atoms with Crippen LogP contribution in [0.2, 0.25) is 0 Å². The first-order valence-electron chi connectivity index (χ1n) is 17.4. The van der Waals surface area contributed by atoms with Gasteiger partial charge in [0.1, 0.15) is 0 Å². The van der Waals surface area contributed by atoms with Gasteiger partial charge in [-0.25, -0.2) is 0 Å². The summed E-state index contributed by atoms with van der Waals surface area (Å²) < 4.78 is 7.86. The van der Waals surface area contributed by atoms with Crippen LogP contribution >= 0.6 is 0 Å². The van der Waals surface area contributed by atoms with Crippen molar-refractivity contribution in [3.8, 4) is 33.6 Å². The van der Waals surface area contributed by atoms with Gasteiger partial charge in [-0.15, -0.1) is 0 Å². The number of hydrogen-bond acceptors (Lipinski definition) is 0. The van der Waals surface area contributed by atoms with Crippen molar-refractivity contribution in [2.75, 3.05) is 0 Å². The van der Waals surface area contributed by atoms with Gasteiger partial charge in [-0.05, 0) is 0 Å². The first-order chi connectivity index (χ1) is 25.3. The molecule has 0 aliphatic heterocycles. The maximum atomic E-state index is 2.53. The van der Waals surface area contributed by atoms with Crippen molar-refractivity contribution >= 4 is 77.4 Å². The first kappa shape index (κ1) is 28.7. The first-order valence-corrected chi connectivity index (χ1v) is 19.2. The van der Waals surface area contributed by atoms with Gasteiger partial charge in [-0.3, -0.25) is 0 Å². The Kier molecular flexibility index (Phi) is 6.30. The summed E-state index contributed by atoms with van der Waals surface area (Å²) in [6, 6.07) is 67.0.